The second-order valence-corrected chi connectivity index (χ2v) is 6.65. The van der Waals surface area contributed by atoms with Crippen LogP contribution in [0.5, 0.6) is 5.75 Å². The monoisotopic (exact) mass is 379 g/mol. The molecule has 0 spiro atoms. The molecular weight excluding hydrogens is 351 g/mol. The summed E-state index contributed by atoms with van der Waals surface area (Å²) in [7, 11) is 0. The standard InChI is InChI=1S/C19H28F3NO.ClH/c1-2-3-4-11-23-12-8-16(9-13-23)10-14-24-18-7-5-6-17(15-18)19(20,21)22;/h5-7,15-16H,2-4,8-14H2,1H3;1H. The normalized spacial score (nSPS) is 16.5. The van der Waals surface area contributed by atoms with Crippen molar-refractivity contribution in [3.8, 4) is 5.75 Å². The molecule has 1 aliphatic rings. The topological polar surface area (TPSA) is 12.5 Å². The Labute approximate surface area is 155 Å². The number of hydrogen-bond acceptors (Lipinski definition) is 2. The number of likely N-dealkylation sites (tertiary alicyclic amines) is 1. The molecule has 1 aliphatic heterocycles. The number of ether oxygens (including phenoxy) is 1. The minimum Gasteiger partial charge on any atom is -0.494 e. The van der Waals surface area contributed by atoms with E-state index < -0.39 is 11.7 Å². The molecular formula is C19H29ClF3NO. The summed E-state index contributed by atoms with van der Waals surface area (Å²) in [5.74, 6) is 0.931. The number of unbranched alkanes of at least 4 members (excludes halogenated alkanes) is 2. The van der Waals surface area contributed by atoms with Crippen LogP contribution in [-0.4, -0.2) is 31.1 Å². The van der Waals surface area contributed by atoms with Crippen molar-refractivity contribution in [2.45, 2.75) is 51.6 Å². The highest BCUT2D eigenvalue weighted by Gasteiger charge is 2.30. The number of nitrogens with zero attached hydrogens (tertiary/aromatic N) is 1. The van der Waals surface area contributed by atoms with Crippen LogP contribution in [0.3, 0.4) is 0 Å². The second kappa shape index (κ2) is 10.9. The van der Waals surface area contributed by atoms with Crippen LogP contribution < -0.4 is 4.74 Å². The summed E-state index contributed by atoms with van der Waals surface area (Å²) in [5, 5.41) is 0. The van der Waals surface area contributed by atoms with Crippen molar-refractivity contribution in [3.05, 3.63) is 29.8 Å². The van der Waals surface area contributed by atoms with Gasteiger partial charge >= 0.3 is 6.18 Å². The molecule has 25 heavy (non-hydrogen) atoms. The molecule has 1 heterocycles. The first kappa shape index (κ1) is 22.1. The molecule has 0 radical (unpaired) electrons. The van der Waals surface area contributed by atoms with Gasteiger partial charge in [0.25, 0.3) is 0 Å². The minimum absolute atomic E-state index is 0. The summed E-state index contributed by atoms with van der Waals surface area (Å²) in [6, 6.07) is 5.13. The molecule has 2 rings (SSSR count). The Kier molecular flexibility index (Phi) is 9.65. The molecule has 0 saturated carbocycles. The van der Waals surface area contributed by atoms with Gasteiger partial charge in [-0.3, -0.25) is 0 Å². The van der Waals surface area contributed by atoms with E-state index in [-0.39, 0.29) is 12.4 Å². The average molecular weight is 380 g/mol. The Morgan fingerprint density at radius 3 is 2.52 bits per heavy atom. The van der Waals surface area contributed by atoms with Crippen molar-refractivity contribution >= 4 is 12.4 Å². The molecule has 0 aromatic heterocycles. The third kappa shape index (κ3) is 7.87. The fourth-order valence-corrected chi connectivity index (χ4v) is 3.19. The fourth-order valence-electron chi connectivity index (χ4n) is 3.19. The quantitative estimate of drug-likeness (QED) is 0.529. The zero-order valence-electron chi connectivity index (χ0n) is 14.9. The van der Waals surface area contributed by atoms with Crippen LogP contribution in [0.25, 0.3) is 0 Å². The van der Waals surface area contributed by atoms with Crippen LogP contribution in [0.15, 0.2) is 24.3 Å². The number of halogens is 4. The van der Waals surface area contributed by atoms with E-state index in [0.717, 1.165) is 44.5 Å². The zero-order chi connectivity index (χ0) is 17.4. The summed E-state index contributed by atoms with van der Waals surface area (Å²) >= 11 is 0. The summed E-state index contributed by atoms with van der Waals surface area (Å²) in [4.78, 5) is 2.53. The first-order valence-electron chi connectivity index (χ1n) is 9.01. The third-order valence-electron chi connectivity index (χ3n) is 4.74. The molecule has 6 heteroatoms. The second-order valence-electron chi connectivity index (χ2n) is 6.65. The van der Waals surface area contributed by atoms with Gasteiger partial charge in [0.15, 0.2) is 0 Å². The number of piperidine rings is 1. The maximum absolute atomic E-state index is 12.7. The van der Waals surface area contributed by atoms with Crippen LogP contribution in [0.1, 0.15) is 51.0 Å². The average Bonchev–Trinajstić information content (AvgIpc) is 2.56. The van der Waals surface area contributed by atoms with E-state index in [0.29, 0.717) is 18.3 Å². The lowest BCUT2D eigenvalue weighted by molar-refractivity contribution is -0.137. The largest absolute Gasteiger partial charge is 0.494 e. The molecule has 0 aliphatic carbocycles. The van der Waals surface area contributed by atoms with E-state index in [1.165, 1.54) is 31.9 Å². The van der Waals surface area contributed by atoms with Crippen molar-refractivity contribution in [1.29, 1.82) is 0 Å². The van der Waals surface area contributed by atoms with Gasteiger partial charge in [-0.05, 0) is 69.4 Å². The van der Waals surface area contributed by atoms with Crippen LogP contribution in [0.2, 0.25) is 0 Å². The third-order valence-corrected chi connectivity index (χ3v) is 4.74. The van der Waals surface area contributed by atoms with Gasteiger partial charge in [0.2, 0.25) is 0 Å². The van der Waals surface area contributed by atoms with E-state index in [1.54, 1.807) is 6.07 Å². The molecule has 1 fully saturated rings. The van der Waals surface area contributed by atoms with Gasteiger partial charge in [-0.1, -0.05) is 25.8 Å². The van der Waals surface area contributed by atoms with Crippen LogP contribution in [0.4, 0.5) is 13.2 Å². The van der Waals surface area contributed by atoms with Crippen LogP contribution in [-0.2, 0) is 6.18 Å². The molecule has 144 valence electrons. The number of alkyl halides is 3. The van der Waals surface area contributed by atoms with Gasteiger partial charge in [-0.15, -0.1) is 12.4 Å². The predicted molar refractivity (Wildman–Crippen MR) is 97.5 cm³/mol. The maximum atomic E-state index is 12.7. The smallest absolute Gasteiger partial charge is 0.416 e. The van der Waals surface area contributed by atoms with Crippen molar-refractivity contribution < 1.29 is 17.9 Å². The van der Waals surface area contributed by atoms with Crippen LogP contribution >= 0.6 is 12.4 Å². The molecule has 1 aromatic carbocycles. The van der Waals surface area contributed by atoms with E-state index in [4.69, 9.17) is 4.74 Å². The van der Waals surface area contributed by atoms with E-state index in [9.17, 15) is 13.2 Å². The highest BCUT2D eigenvalue weighted by atomic mass is 35.5. The molecule has 0 unspecified atom stereocenters. The molecule has 1 saturated heterocycles. The predicted octanol–water partition coefficient (Wildman–Crippen LogP) is 5.80. The highest BCUT2D eigenvalue weighted by molar-refractivity contribution is 5.85. The Hall–Kier alpha value is -0.940. The SMILES string of the molecule is CCCCCN1CCC(CCOc2cccc(C(F)(F)F)c2)CC1.Cl. The number of rotatable bonds is 8. The van der Waals surface area contributed by atoms with Crippen molar-refractivity contribution in [2.24, 2.45) is 5.92 Å². The molecule has 0 bridgehead atoms. The van der Waals surface area contributed by atoms with Gasteiger partial charge in [-0.25, -0.2) is 0 Å². The number of hydrogen-bond donors (Lipinski definition) is 0. The zero-order valence-corrected chi connectivity index (χ0v) is 15.7. The van der Waals surface area contributed by atoms with E-state index >= 15 is 0 Å². The Bertz CT molecular complexity index is 488. The summed E-state index contributed by atoms with van der Waals surface area (Å²) in [6.45, 7) is 6.18. The Balaban J connectivity index is 0.00000312. The summed E-state index contributed by atoms with van der Waals surface area (Å²) in [5.41, 5.74) is -0.652. The Morgan fingerprint density at radius 1 is 1.16 bits per heavy atom. The van der Waals surface area contributed by atoms with Gasteiger partial charge in [0.05, 0.1) is 12.2 Å². The molecule has 1 aromatic rings. The van der Waals surface area contributed by atoms with Crippen molar-refractivity contribution in [3.63, 3.8) is 0 Å². The van der Waals surface area contributed by atoms with Crippen molar-refractivity contribution in [1.82, 2.24) is 4.90 Å². The lowest BCUT2D eigenvalue weighted by Gasteiger charge is -2.31. The van der Waals surface area contributed by atoms with E-state index in [1.807, 2.05) is 0 Å². The van der Waals surface area contributed by atoms with Crippen LogP contribution in [0, 0.1) is 5.92 Å². The molecule has 0 N–H and O–H groups in total. The lowest BCUT2D eigenvalue weighted by atomic mass is 9.94. The first-order chi connectivity index (χ1) is 11.5. The van der Waals surface area contributed by atoms with Gasteiger partial charge in [0, 0.05) is 0 Å². The van der Waals surface area contributed by atoms with E-state index in [2.05, 4.69) is 11.8 Å². The minimum atomic E-state index is -4.32. The summed E-state index contributed by atoms with van der Waals surface area (Å²) < 4.78 is 43.5. The fraction of sp³-hybridized carbons (Fsp3) is 0.684. The van der Waals surface area contributed by atoms with Crippen molar-refractivity contribution in [2.75, 3.05) is 26.2 Å². The Morgan fingerprint density at radius 2 is 1.88 bits per heavy atom. The van der Waals surface area contributed by atoms with Gasteiger partial charge < -0.3 is 9.64 Å². The molecule has 0 amide bonds. The number of benzene rings is 1. The molecule has 0 atom stereocenters. The molecule has 2 nitrogen and oxygen atoms in total. The highest BCUT2D eigenvalue weighted by Crippen LogP contribution is 2.31. The summed E-state index contributed by atoms with van der Waals surface area (Å²) in [6.07, 6.45) is 2.76. The van der Waals surface area contributed by atoms with Gasteiger partial charge in [0.1, 0.15) is 5.75 Å². The first-order valence-corrected chi connectivity index (χ1v) is 9.01. The maximum Gasteiger partial charge on any atom is 0.416 e. The van der Waals surface area contributed by atoms with Gasteiger partial charge in [-0.2, -0.15) is 13.2 Å². The lowest BCUT2D eigenvalue weighted by Crippen LogP contribution is -2.34.